The van der Waals surface area contributed by atoms with Crippen molar-refractivity contribution in [3.05, 3.63) is 35.4 Å². The summed E-state index contributed by atoms with van der Waals surface area (Å²) in [6.07, 6.45) is 1.13. The molecule has 0 amide bonds. The zero-order chi connectivity index (χ0) is 11.0. The maximum absolute atomic E-state index is 7.00. The van der Waals surface area contributed by atoms with Gasteiger partial charge < -0.3 is 10.0 Å². The van der Waals surface area contributed by atoms with Gasteiger partial charge >= 0.3 is 0 Å². The van der Waals surface area contributed by atoms with E-state index in [1.165, 1.54) is 11.1 Å². The fraction of sp³-hybridized carbons (Fsp3) is 0.500. The van der Waals surface area contributed by atoms with Crippen LogP contribution in [0.15, 0.2) is 24.3 Å². The maximum Gasteiger partial charge on any atom is 0.0319 e. The number of benzene rings is 1. The van der Waals surface area contributed by atoms with E-state index in [1.807, 2.05) is 0 Å². The lowest BCUT2D eigenvalue weighted by Gasteiger charge is -2.09. The van der Waals surface area contributed by atoms with Crippen LogP contribution in [-0.4, -0.2) is 31.2 Å². The Hall–Kier alpha value is -0.860. The first kappa shape index (κ1) is 13.1. The number of aliphatic hydroxyl groups is 1. The standard InChI is InChI=1S/C11H17N.CH4O/c1-4-10-5-7-11(8-6-10)9-12(2)3;1-2/h5-8H,4,9H2,1-3H3;2H,1H3. The highest BCUT2D eigenvalue weighted by Gasteiger charge is 1.94. The van der Waals surface area contributed by atoms with E-state index in [0.29, 0.717) is 0 Å². The molecule has 80 valence electrons. The SMILES string of the molecule is CCc1ccc(CN(C)C)cc1.CO. The minimum atomic E-state index is 1.00. The summed E-state index contributed by atoms with van der Waals surface area (Å²) in [5.41, 5.74) is 2.80. The Morgan fingerprint density at radius 2 is 1.43 bits per heavy atom. The zero-order valence-electron chi connectivity index (χ0n) is 9.62. The minimum absolute atomic E-state index is 1.00. The molecule has 0 aliphatic carbocycles. The molecule has 2 heteroatoms. The third kappa shape index (κ3) is 5.00. The Kier molecular flexibility index (Phi) is 7.07. The van der Waals surface area contributed by atoms with E-state index in [-0.39, 0.29) is 0 Å². The number of aryl methyl sites for hydroxylation is 1. The molecular formula is C12H21NO. The Balaban J connectivity index is 0.000000791. The quantitative estimate of drug-likeness (QED) is 0.796. The van der Waals surface area contributed by atoms with Crippen molar-refractivity contribution in [1.82, 2.24) is 4.90 Å². The van der Waals surface area contributed by atoms with Gasteiger partial charge in [-0.25, -0.2) is 0 Å². The molecule has 1 aromatic carbocycles. The number of hydrogen-bond acceptors (Lipinski definition) is 2. The smallest absolute Gasteiger partial charge is 0.0319 e. The first-order valence-corrected chi connectivity index (χ1v) is 4.89. The predicted octanol–water partition coefficient (Wildman–Crippen LogP) is 1.92. The van der Waals surface area contributed by atoms with E-state index < -0.39 is 0 Å². The molecule has 0 aliphatic rings. The molecule has 0 spiro atoms. The first-order valence-electron chi connectivity index (χ1n) is 4.89. The van der Waals surface area contributed by atoms with Crippen molar-refractivity contribution in [2.45, 2.75) is 19.9 Å². The summed E-state index contributed by atoms with van der Waals surface area (Å²) in [7, 11) is 5.18. The molecule has 2 nitrogen and oxygen atoms in total. The van der Waals surface area contributed by atoms with Gasteiger partial charge in [0.05, 0.1) is 0 Å². The van der Waals surface area contributed by atoms with E-state index in [9.17, 15) is 0 Å². The molecule has 1 aromatic rings. The minimum Gasteiger partial charge on any atom is -0.400 e. The highest BCUT2D eigenvalue weighted by atomic mass is 16.2. The van der Waals surface area contributed by atoms with Gasteiger partial charge in [-0.3, -0.25) is 0 Å². The van der Waals surface area contributed by atoms with E-state index in [1.54, 1.807) is 0 Å². The summed E-state index contributed by atoms with van der Waals surface area (Å²) < 4.78 is 0. The molecule has 0 saturated carbocycles. The lowest BCUT2D eigenvalue weighted by Crippen LogP contribution is -2.10. The predicted molar refractivity (Wildman–Crippen MR) is 61.4 cm³/mol. The second-order valence-corrected chi connectivity index (χ2v) is 3.41. The summed E-state index contributed by atoms with van der Waals surface area (Å²) in [5, 5.41) is 7.00. The van der Waals surface area contributed by atoms with Gasteiger partial charge in [-0.2, -0.15) is 0 Å². The van der Waals surface area contributed by atoms with Crippen molar-refractivity contribution in [3.8, 4) is 0 Å². The molecule has 14 heavy (non-hydrogen) atoms. The number of hydrogen-bond donors (Lipinski definition) is 1. The van der Waals surface area contributed by atoms with Gasteiger partial charge in [-0.1, -0.05) is 31.2 Å². The van der Waals surface area contributed by atoms with Crippen LogP contribution < -0.4 is 0 Å². The second kappa shape index (κ2) is 7.54. The van der Waals surface area contributed by atoms with Gasteiger partial charge in [0, 0.05) is 13.7 Å². The molecule has 0 radical (unpaired) electrons. The molecule has 0 fully saturated rings. The van der Waals surface area contributed by atoms with Crippen molar-refractivity contribution in [2.75, 3.05) is 21.2 Å². The Labute approximate surface area is 87.2 Å². The van der Waals surface area contributed by atoms with E-state index in [4.69, 9.17) is 5.11 Å². The molecular weight excluding hydrogens is 174 g/mol. The van der Waals surface area contributed by atoms with Crippen LogP contribution in [0.5, 0.6) is 0 Å². The van der Waals surface area contributed by atoms with Gasteiger partial charge in [0.2, 0.25) is 0 Å². The molecule has 0 bridgehead atoms. The molecule has 0 unspecified atom stereocenters. The van der Waals surface area contributed by atoms with Gasteiger partial charge in [0.25, 0.3) is 0 Å². The van der Waals surface area contributed by atoms with Crippen LogP contribution in [0.2, 0.25) is 0 Å². The lowest BCUT2D eigenvalue weighted by molar-refractivity contribution is 0.399. The third-order valence-corrected chi connectivity index (χ3v) is 1.93. The van der Waals surface area contributed by atoms with E-state index in [0.717, 1.165) is 20.1 Å². The first-order chi connectivity index (χ1) is 6.72. The largest absolute Gasteiger partial charge is 0.400 e. The normalized spacial score (nSPS) is 9.57. The summed E-state index contributed by atoms with van der Waals surface area (Å²) in [6, 6.07) is 8.83. The number of aliphatic hydroxyl groups excluding tert-OH is 1. The second-order valence-electron chi connectivity index (χ2n) is 3.41. The van der Waals surface area contributed by atoms with Crippen molar-refractivity contribution in [2.24, 2.45) is 0 Å². The molecule has 1 N–H and O–H groups in total. The zero-order valence-corrected chi connectivity index (χ0v) is 9.62. The van der Waals surface area contributed by atoms with Crippen LogP contribution >= 0.6 is 0 Å². The summed E-state index contributed by atoms with van der Waals surface area (Å²) in [6.45, 7) is 3.21. The van der Waals surface area contributed by atoms with Crippen LogP contribution in [0, 0.1) is 0 Å². The van der Waals surface area contributed by atoms with Gasteiger partial charge in [0.15, 0.2) is 0 Å². The Morgan fingerprint density at radius 3 is 1.79 bits per heavy atom. The summed E-state index contributed by atoms with van der Waals surface area (Å²) in [4.78, 5) is 2.18. The van der Waals surface area contributed by atoms with Gasteiger partial charge in [-0.15, -0.1) is 0 Å². The highest BCUT2D eigenvalue weighted by Crippen LogP contribution is 2.06. The van der Waals surface area contributed by atoms with Crippen LogP contribution in [0.1, 0.15) is 18.1 Å². The number of nitrogens with zero attached hydrogens (tertiary/aromatic N) is 1. The fourth-order valence-electron chi connectivity index (χ4n) is 1.25. The third-order valence-electron chi connectivity index (χ3n) is 1.93. The van der Waals surface area contributed by atoms with Gasteiger partial charge in [-0.05, 0) is 31.6 Å². The molecule has 0 aliphatic heterocycles. The summed E-state index contributed by atoms with van der Waals surface area (Å²) >= 11 is 0. The molecule has 0 atom stereocenters. The van der Waals surface area contributed by atoms with Crippen LogP contribution in [0.4, 0.5) is 0 Å². The van der Waals surface area contributed by atoms with Crippen LogP contribution in [-0.2, 0) is 13.0 Å². The lowest BCUT2D eigenvalue weighted by atomic mass is 10.1. The van der Waals surface area contributed by atoms with Gasteiger partial charge in [0.1, 0.15) is 0 Å². The average molecular weight is 195 g/mol. The molecule has 0 aromatic heterocycles. The summed E-state index contributed by atoms with van der Waals surface area (Å²) in [5.74, 6) is 0. The van der Waals surface area contributed by atoms with Crippen molar-refractivity contribution in [3.63, 3.8) is 0 Å². The Bertz CT molecular complexity index is 229. The maximum atomic E-state index is 7.00. The topological polar surface area (TPSA) is 23.5 Å². The molecule has 0 heterocycles. The van der Waals surface area contributed by atoms with Crippen molar-refractivity contribution in [1.29, 1.82) is 0 Å². The van der Waals surface area contributed by atoms with Crippen LogP contribution in [0.3, 0.4) is 0 Å². The highest BCUT2D eigenvalue weighted by molar-refractivity contribution is 5.22. The fourth-order valence-corrected chi connectivity index (χ4v) is 1.25. The van der Waals surface area contributed by atoms with Crippen LogP contribution in [0.25, 0.3) is 0 Å². The number of rotatable bonds is 3. The Morgan fingerprint density at radius 1 is 1.00 bits per heavy atom. The van der Waals surface area contributed by atoms with E-state index >= 15 is 0 Å². The molecule has 0 saturated heterocycles. The van der Waals surface area contributed by atoms with Crippen molar-refractivity contribution < 1.29 is 5.11 Å². The monoisotopic (exact) mass is 195 g/mol. The average Bonchev–Trinajstić information content (AvgIpc) is 2.21. The molecule has 1 rings (SSSR count). The van der Waals surface area contributed by atoms with E-state index in [2.05, 4.69) is 50.2 Å². The van der Waals surface area contributed by atoms with Crippen molar-refractivity contribution >= 4 is 0 Å².